The van der Waals surface area contributed by atoms with Crippen LogP contribution in [0.1, 0.15) is 39.2 Å². The molecule has 2 heterocycles. The molecule has 2 atom stereocenters. The summed E-state index contributed by atoms with van der Waals surface area (Å²) in [6.45, 7) is 7.77. The van der Waals surface area contributed by atoms with Crippen LogP contribution >= 0.6 is 0 Å². The summed E-state index contributed by atoms with van der Waals surface area (Å²) in [5.41, 5.74) is 3.79. The van der Waals surface area contributed by atoms with E-state index >= 15 is 0 Å². The molecule has 0 aromatic carbocycles. The van der Waals surface area contributed by atoms with E-state index in [1.165, 1.54) is 12.8 Å². The standard InChI is InChI=1S/C13H23N5/c1-4-11-12(17-14)15-8-16-13(11)18-7-5-6-9(2)10(18)3/h8-10H,4-7,14H2,1-3H3,(H,15,16,17). The Labute approximate surface area is 109 Å². The van der Waals surface area contributed by atoms with Crippen LogP contribution in [0.2, 0.25) is 0 Å². The summed E-state index contributed by atoms with van der Waals surface area (Å²) < 4.78 is 0. The van der Waals surface area contributed by atoms with Crippen molar-refractivity contribution < 1.29 is 0 Å². The monoisotopic (exact) mass is 249 g/mol. The Morgan fingerprint density at radius 1 is 1.44 bits per heavy atom. The smallest absolute Gasteiger partial charge is 0.148 e. The van der Waals surface area contributed by atoms with Crippen molar-refractivity contribution in [3.05, 3.63) is 11.9 Å². The van der Waals surface area contributed by atoms with Crippen molar-refractivity contribution in [3.63, 3.8) is 0 Å². The fraction of sp³-hybridized carbons (Fsp3) is 0.692. The van der Waals surface area contributed by atoms with Crippen LogP contribution in [-0.4, -0.2) is 22.6 Å². The third kappa shape index (κ3) is 2.27. The van der Waals surface area contributed by atoms with E-state index in [0.29, 0.717) is 12.0 Å². The van der Waals surface area contributed by atoms with Crippen LogP contribution in [0, 0.1) is 5.92 Å². The molecule has 0 spiro atoms. The van der Waals surface area contributed by atoms with E-state index in [1.807, 2.05) is 0 Å². The summed E-state index contributed by atoms with van der Waals surface area (Å²) in [6, 6.07) is 0.518. The number of piperidine rings is 1. The van der Waals surface area contributed by atoms with E-state index in [0.717, 1.165) is 30.2 Å². The predicted molar refractivity (Wildman–Crippen MR) is 74.4 cm³/mol. The molecule has 100 valence electrons. The lowest BCUT2D eigenvalue weighted by molar-refractivity contribution is 0.361. The van der Waals surface area contributed by atoms with Crippen LogP contribution in [0.25, 0.3) is 0 Å². The van der Waals surface area contributed by atoms with Crippen molar-refractivity contribution in [1.29, 1.82) is 0 Å². The molecule has 0 bridgehead atoms. The lowest BCUT2D eigenvalue weighted by Crippen LogP contribution is -2.43. The molecule has 1 aliphatic rings. The van der Waals surface area contributed by atoms with Crippen LogP contribution in [0.15, 0.2) is 6.33 Å². The Bertz CT molecular complexity index is 406. The first-order valence-electron chi connectivity index (χ1n) is 6.76. The van der Waals surface area contributed by atoms with Gasteiger partial charge in [0.05, 0.1) is 0 Å². The summed E-state index contributed by atoms with van der Waals surface area (Å²) in [7, 11) is 0. The minimum atomic E-state index is 0.518. The average Bonchev–Trinajstić information content (AvgIpc) is 2.41. The SMILES string of the molecule is CCc1c(NN)ncnc1N1CCCC(C)C1C. The van der Waals surface area contributed by atoms with Crippen LogP contribution in [-0.2, 0) is 6.42 Å². The second-order valence-electron chi connectivity index (χ2n) is 5.08. The summed E-state index contributed by atoms with van der Waals surface area (Å²) in [5.74, 6) is 8.01. The molecule has 5 nitrogen and oxygen atoms in total. The molecule has 0 saturated carbocycles. The van der Waals surface area contributed by atoms with Crippen LogP contribution in [0.4, 0.5) is 11.6 Å². The van der Waals surface area contributed by atoms with Gasteiger partial charge in [0, 0.05) is 18.2 Å². The Morgan fingerprint density at radius 2 is 2.22 bits per heavy atom. The zero-order chi connectivity index (χ0) is 13.1. The number of nitrogens with zero attached hydrogens (tertiary/aromatic N) is 3. The molecular weight excluding hydrogens is 226 g/mol. The zero-order valence-electron chi connectivity index (χ0n) is 11.5. The van der Waals surface area contributed by atoms with Gasteiger partial charge in [-0.15, -0.1) is 0 Å². The van der Waals surface area contributed by atoms with Crippen molar-refractivity contribution in [1.82, 2.24) is 9.97 Å². The molecule has 5 heteroatoms. The maximum absolute atomic E-state index is 5.53. The highest BCUT2D eigenvalue weighted by molar-refractivity contribution is 5.59. The van der Waals surface area contributed by atoms with Gasteiger partial charge in [-0.2, -0.15) is 0 Å². The molecule has 1 saturated heterocycles. The molecule has 0 aliphatic carbocycles. The Hall–Kier alpha value is -1.36. The summed E-state index contributed by atoms with van der Waals surface area (Å²) in [6.07, 6.45) is 5.00. The highest BCUT2D eigenvalue weighted by Crippen LogP contribution is 2.31. The van der Waals surface area contributed by atoms with Gasteiger partial charge in [0.15, 0.2) is 0 Å². The molecule has 1 aliphatic heterocycles. The second-order valence-corrected chi connectivity index (χ2v) is 5.08. The molecule has 0 radical (unpaired) electrons. The van der Waals surface area contributed by atoms with Gasteiger partial charge >= 0.3 is 0 Å². The number of rotatable bonds is 3. The molecule has 2 unspecified atom stereocenters. The van der Waals surface area contributed by atoms with E-state index in [4.69, 9.17) is 5.84 Å². The van der Waals surface area contributed by atoms with Gasteiger partial charge in [-0.25, -0.2) is 15.8 Å². The van der Waals surface area contributed by atoms with Crippen molar-refractivity contribution in [2.24, 2.45) is 11.8 Å². The minimum absolute atomic E-state index is 0.518. The van der Waals surface area contributed by atoms with Crippen molar-refractivity contribution in [3.8, 4) is 0 Å². The topological polar surface area (TPSA) is 67.1 Å². The third-order valence-electron chi connectivity index (χ3n) is 4.06. The lowest BCUT2D eigenvalue weighted by Gasteiger charge is -2.39. The summed E-state index contributed by atoms with van der Waals surface area (Å²) in [4.78, 5) is 11.1. The van der Waals surface area contributed by atoms with E-state index in [1.54, 1.807) is 6.33 Å². The number of anilines is 2. The molecular formula is C13H23N5. The molecule has 1 aromatic heterocycles. The molecule has 3 N–H and O–H groups in total. The van der Waals surface area contributed by atoms with Gasteiger partial charge in [-0.1, -0.05) is 13.8 Å². The largest absolute Gasteiger partial charge is 0.353 e. The van der Waals surface area contributed by atoms with Crippen LogP contribution in [0.3, 0.4) is 0 Å². The molecule has 1 fully saturated rings. The van der Waals surface area contributed by atoms with Crippen molar-refractivity contribution in [2.75, 3.05) is 16.9 Å². The first-order chi connectivity index (χ1) is 8.69. The fourth-order valence-electron chi connectivity index (χ4n) is 2.73. The molecule has 1 aromatic rings. The van der Waals surface area contributed by atoms with Gasteiger partial charge in [0.25, 0.3) is 0 Å². The van der Waals surface area contributed by atoms with Gasteiger partial charge in [-0.3, -0.25) is 0 Å². The highest BCUT2D eigenvalue weighted by Gasteiger charge is 2.27. The third-order valence-corrected chi connectivity index (χ3v) is 4.06. The first-order valence-corrected chi connectivity index (χ1v) is 6.76. The first kappa shape index (κ1) is 13.1. The zero-order valence-corrected chi connectivity index (χ0v) is 11.5. The summed E-state index contributed by atoms with van der Waals surface area (Å²) >= 11 is 0. The molecule has 18 heavy (non-hydrogen) atoms. The van der Waals surface area contributed by atoms with Gasteiger partial charge in [0.1, 0.15) is 18.0 Å². The number of nitrogens with one attached hydrogen (secondary N) is 1. The van der Waals surface area contributed by atoms with E-state index in [2.05, 4.69) is 41.1 Å². The van der Waals surface area contributed by atoms with Gasteiger partial charge in [-0.05, 0) is 32.1 Å². The van der Waals surface area contributed by atoms with Gasteiger partial charge < -0.3 is 10.3 Å². The number of hydrogen-bond acceptors (Lipinski definition) is 5. The normalized spacial score (nSPS) is 24.1. The van der Waals surface area contributed by atoms with Gasteiger partial charge in [0.2, 0.25) is 0 Å². The maximum Gasteiger partial charge on any atom is 0.148 e. The van der Waals surface area contributed by atoms with Crippen LogP contribution in [0.5, 0.6) is 0 Å². The van der Waals surface area contributed by atoms with E-state index < -0.39 is 0 Å². The average molecular weight is 249 g/mol. The van der Waals surface area contributed by atoms with Crippen molar-refractivity contribution >= 4 is 11.6 Å². The maximum atomic E-state index is 5.53. The highest BCUT2D eigenvalue weighted by atomic mass is 15.3. The lowest BCUT2D eigenvalue weighted by atomic mass is 9.91. The molecule has 2 rings (SSSR count). The Morgan fingerprint density at radius 3 is 2.89 bits per heavy atom. The number of nitrogen functional groups attached to an aromatic ring is 1. The van der Waals surface area contributed by atoms with Crippen LogP contribution < -0.4 is 16.2 Å². The molecule has 0 amide bonds. The number of aromatic nitrogens is 2. The number of nitrogens with two attached hydrogens (primary N) is 1. The predicted octanol–water partition coefficient (Wildman–Crippen LogP) is 1.95. The number of hydrogen-bond donors (Lipinski definition) is 2. The Kier molecular flexibility index (Phi) is 4.01. The second kappa shape index (κ2) is 5.52. The summed E-state index contributed by atoms with van der Waals surface area (Å²) in [5, 5.41) is 0. The van der Waals surface area contributed by atoms with Crippen molar-refractivity contribution in [2.45, 2.75) is 46.1 Å². The Balaban J connectivity index is 2.37. The van der Waals surface area contributed by atoms with E-state index in [-0.39, 0.29) is 0 Å². The fourth-order valence-corrected chi connectivity index (χ4v) is 2.73. The quantitative estimate of drug-likeness (QED) is 0.633. The number of hydrazine groups is 1. The minimum Gasteiger partial charge on any atom is -0.353 e. The van der Waals surface area contributed by atoms with E-state index in [9.17, 15) is 0 Å².